The van der Waals surface area contributed by atoms with Crippen LogP contribution in [-0.2, 0) is 20.1 Å². The minimum Gasteiger partial charge on any atom is -0.661 e. The summed E-state index contributed by atoms with van der Waals surface area (Å²) < 4.78 is 2.59. The molecule has 0 spiro atoms. The summed E-state index contributed by atoms with van der Waals surface area (Å²) in [5.74, 6) is 0.823. The molecule has 2 aromatic heterocycles. The van der Waals surface area contributed by atoms with E-state index in [1.165, 1.54) is 47.9 Å². The van der Waals surface area contributed by atoms with Crippen molar-refractivity contribution in [3.8, 4) is 11.3 Å². The molecule has 1 aliphatic heterocycles. The van der Waals surface area contributed by atoms with Gasteiger partial charge in [0.15, 0.2) is 0 Å². The Bertz CT molecular complexity index is 2230. The second-order valence-corrected chi connectivity index (χ2v) is 20.8. The number of hydrogen-bond donors (Lipinski definition) is 0. The number of fused-ring (bicyclic) bond motifs is 4. The first-order valence-electron chi connectivity index (χ1n) is 17.6. The molecule has 0 fully saturated rings. The summed E-state index contributed by atoms with van der Waals surface area (Å²) in [7, 11) is -1.23. The number of anilines is 2. The van der Waals surface area contributed by atoms with Gasteiger partial charge in [0.1, 0.15) is 0 Å². The van der Waals surface area contributed by atoms with Crippen molar-refractivity contribution in [2.24, 2.45) is 0 Å². The Kier molecular flexibility index (Phi) is 11.0. The standard InChI is InChI=1S/C31H28N2S.C14H16NSi.Ir/c1-19(2)22-11-9-12-23(20(3)4)30(22)33-27-14-7-6-13-26(27)32-31(33)21-16-17-29-25(18-21)24-10-5-8-15-28(24)34-29;1-16(2,3)13-9-10-14(15-11-13)12-7-5-4-6-8-12;/h5-15,17-20,31H,1-4H3;4-7,9-11H,1-3H3;/q-2;-1;+3. The molecule has 258 valence electrons. The van der Waals surface area contributed by atoms with E-state index in [1.807, 2.05) is 41.8 Å². The average molecular weight is 879 g/mol. The van der Waals surface area contributed by atoms with Gasteiger partial charge in [-0.15, -0.1) is 47.0 Å². The van der Waals surface area contributed by atoms with Crippen molar-refractivity contribution in [1.29, 1.82) is 0 Å². The Hall–Kier alpha value is -4.06. The van der Waals surface area contributed by atoms with Gasteiger partial charge in [-0.1, -0.05) is 119 Å². The van der Waals surface area contributed by atoms with Crippen LogP contribution in [0.5, 0.6) is 0 Å². The zero-order chi connectivity index (χ0) is 35.0. The molecule has 1 atom stereocenters. The summed E-state index contributed by atoms with van der Waals surface area (Å²) in [6.45, 7) is 16.1. The minimum atomic E-state index is -1.23. The van der Waals surface area contributed by atoms with E-state index in [0.29, 0.717) is 11.8 Å². The first kappa shape index (κ1) is 36.7. The van der Waals surface area contributed by atoms with Crippen molar-refractivity contribution in [3.63, 3.8) is 0 Å². The molecule has 1 aliphatic rings. The van der Waals surface area contributed by atoms with Gasteiger partial charge in [0, 0.05) is 22.3 Å². The van der Waals surface area contributed by atoms with Crippen LogP contribution in [0.4, 0.5) is 17.1 Å². The van der Waals surface area contributed by atoms with Crippen LogP contribution < -0.4 is 10.1 Å². The fourth-order valence-corrected chi connectivity index (χ4v) is 8.83. The Morgan fingerprint density at radius 2 is 1.45 bits per heavy atom. The summed E-state index contributed by atoms with van der Waals surface area (Å²) in [6.07, 6.45) is 1.88. The van der Waals surface area contributed by atoms with Crippen LogP contribution in [-0.4, -0.2) is 13.1 Å². The fourth-order valence-electron chi connectivity index (χ4n) is 6.72. The molecule has 0 amide bonds. The third kappa shape index (κ3) is 7.47. The molecule has 6 heteroatoms. The van der Waals surface area contributed by atoms with Crippen LogP contribution in [0.15, 0.2) is 121 Å². The third-order valence-electron chi connectivity index (χ3n) is 9.46. The molecule has 0 saturated carbocycles. The molecule has 8 rings (SSSR count). The van der Waals surface area contributed by atoms with Gasteiger partial charge in [-0.2, -0.15) is 23.8 Å². The Morgan fingerprint density at radius 1 is 0.745 bits per heavy atom. The SMILES string of the molecule is CC(C)c1cccc(C(C)C)c1N1c2ccccc2[N-]C1c1[c-]cc2sc3ccccc3c2c1.C[Si](C)(C)c1ccc(-c2[c-]cccc2)nc1.[Ir+3]. The van der Waals surface area contributed by atoms with Crippen molar-refractivity contribution in [2.45, 2.75) is 65.3 Å². The largest absolute Gasteiger partial charge is 3.00 e. The number of rotatable bonds is 6. The van der Waals surface area contributed by atoms with E-state index in [-0.39, 0.29) is 26.3 Å². The Balaban J connectivity index is 0.000000222. The molecule has 3 nitrogen and oxygen atoms in total. The number of aromatic nitrogens is 1. The van der Waals surface area contributed by atoms with E-state index in [2.05, 4.69) is 160 Å². The van der Waals surface area contributed by atoms with E-state index < -0.39 is 8.07 Å². The van der Waals surface area contributed by atoms with Gasteiger partial charge in [0.25, 0.3) is 0 Å². The molecule has 51 heavy (non-hydrogen) atoms. The van der Waals surface area contributed by atoms with Crippen molar-refractivity contribution < 1.29 is 20.1 Å². The van der Waals surface area contributed by atoms with Gasteiger partial charge >= 0.3 is 20.1 Å². The minimum absolute atomic E-state index is 0. The van der Waals surface area contributed by atoms with Gasteiger partial charge in [-0.25, -0.2) is 11.3 Å². The number of pyridine rings is 1. The predicted molar refractivity (Wildman–Crippen MR) is 219 cm³/mol. The van der Waals surface area contributed by atoms with E-state index in [4.69, 9.17) is 5.32 Å². The molecule has 0 N–H and O–H groups in total. The van der Waals surface area contributed by atoms with Gasteiger partial charge in [-0.3, -0.25) is 0 Å². The molecular weight excluding hydrogens is 835 g/mol. The summed E-state index contributed by atoms with van der Waals surface area (Å²) in [5.41, 5.74) is 9.42. The molecule has 3 heterocycles. The second kappa shape index (κ2) is 15.3. The first-order valence-corrected chi connectivity index (χ1v) is 21.9. The number of thiophene rings is 1. The maximum atomic E-state index is 5.25. The van der Waals surface area contributed by atoms with E-state index >= 15 is 0 Å². The number of nitrogens with zero attached hydrogens (tertiary/aromatic N) is 3. The molecule has 0 radical (unpaired) electrons. The molecule has 7 aromatic rings. The van der Waals surface area contributed by atoms with Crippen LogP contribution in [0.3, 0.4) is 0 Å². The average Bonchev–Trinajstić information content (AvgIpc) is 3.70. The number of hydrogen-bond acceptors (Lipinski definition) is 3. The van der Waals surface area contributed by atoms with Crippen LogP contribution in [0.1, 0.15) is 62.4 Å². The van der Waals surface area contributed by atoms with Gasteiger partial charge in [0.2, 0.25) is 0 Å². The quantitative estimate of drug-likeness (QED) is 0.123. The van der Waals surface area contributed by atoms with Gasteiger partial charge in [0.05, 0.1) is 8.07 Å². The van der Waals surface area contributed by atoms with Crippen molar-refractivity contribution in [3.05, 3.63) is 156 Å². The number of para-hydroxylation sites is 3. The maximum absolute atomic E-state index is 5.25. The van der Waals surface area contributed by atoms with Crippen LogP contribution in [0.25, 0.3) is 36.7 Å². The van der Waals surface area contributed by atoms with Gasteiger partial charge < -0.3 is 15.2 Å². The molecule has 1 unspecified atom stereocenters. The van der Waals surface area contributed by atoms with Crippen LogP contribution >= 0.6 is 11.3 Å². The predicted octanol–water partition coefficient (Wildman–Crippen LogP) is 13.0. The number of benzene rings is 5. The fraction of sp³-hybridized carbons (Fsp3) is 0.222. The maximum Gasteiger partial charge on any atom is 3.00 e. The normalized spacial score (nSPS) is 13.9. The van der Waals surface area contributed by atoms with Gasteiger partial charge in [-0.05, 0) is 57.5 Å². The summed E-state index contributed by atoms with van der Waals surface area (Å²) in [5, 5.41) is 9.25. The smallest absolute Gasteiger partial charge is 0.661 e. The Labute approximate surface area is 322 Å². The zero-order valence-corrected chi connectivity index (χ0v) is 34.6. The summed E-state index contributed by atoms with van der Waals surface area (Å²) in [4.78, 5) is 6.98. The van der Waals surface area contributed by atoms with Crippen LogP contribution in [0.2, 0.25) is 19.6 Å². The molecule has 5 aromatic carbocycles. The molecule has 0 aliphatic carbocycles. The first-order chi connectivity index (χ1) is 24.1. The summed E-state index contributed by atoms with van der Waals surface area (Å²) >= 11 is 1.83. The van der Waals surface area contributed by atoms with Crippen molar-refractivity contribution >= 4 is 61.8 Å². The van der Waals surface area contributed by atoms with Crippen molar-refractivity contribution in [2.75, 3.05) is 4.90 Å². The zero-order valence-electron chi connectivity index (χ0n) is 30.4. The molecule has 0 bridgehead atoms. The summed E-state index contributed by atoms with van der Waals surface area (Å²) in [6, 6.07) is 47.5. The third-order valence-corrected chi connectivity index (χ3v) is 12.6. The van der Waals surface area contributed by atoms with Crippen LogP contribution in [0, 0.1) is 12.1 Å². The molecular formula is C45H44IrN3SSi. The second-order valence-electron chi connectivity index (χ2n) is 14.7. The molecule has 0 saturated heterocycles. The van der Waals surface area contributed by atoms with E-state index in [0.717, 1.165) is 22.5 Å². The Morgan fingerprint density at radius 3 is 2.12 bits per heavy atom. The van der Waals surface area contributed by atoms with E-state index in [9.17, 15) is 0 Å². The van der Waals surface area contributed by atoms with E-state index in [1.54, 1.807) is 0 Å². The monoisotopic (exact) mass is 879 g/mol. The van der Waals surface area contributed by atoms with Crippen molar-refractivity contribution in [1.82, 2.24) is 4.98 Å². The topological polar surface area (TPSA) is 30.2 Å².